The van der Waals surface area contributed by atoms with E-state index in [0.29, 0.717) is 17.6 Å². The number of nitrogens with zero attached hydrogens (tertiary/aromatic N) is 2. The van der Waals surface area contributed by atoms with Gasteiger partial charge in [0.25, 0.3) is 0 Å². The molecule has 72 valence electrons. The van der Waals surface area contributed by atoms with Crippen LogP contribution in [0.1, 0.15) is 11.5 Å². The van der Waals surface area contributed by atoms with Crippen molar-refractivity contribution < 1.29 is 4.52 Å². The quantitative estimate of drug-likeness (QED) is 0.713. The Balaban J connectivity index is 2.41. The van der Waals surface area contributed by atoms with Gasteiger partial charge in [-0.05, 0) is 11.6 Å². The van der Waals surface area contributed by atoms with Crippen LogP contribution in [0.15, 0.2) is 28.8 Å². The highest BCUT2D eigenvalue weighted by Crippen LogP contribution is 2.17. The summed E-state index contributed by atoms with van der Waals surface area (Å²) in [7, 11) is 0. The molecule has 4 heteroatoms. The van der Waals surface area contributed by atoms with Crippen molar-refractivity contribution in [1.82, 2.24) is 10.1 Å². The van der Waals surface area contributed by atoms with Gasteiger partial charge in [-0.3, -0.25) is 0 Å². The minimum Gasteiger partial charge on any atom is -0.339 e. The van der Waals surface area contributed by atoms with Crippen LogP contribution in [0.25, 0.3) is 11.4 Å². The van der Waals surface area contributed by atoms with Gasteiger partial charge in [0.2, 0.25) is 11.7 Å². The zero-order valence-corrected chi connectivity index (χ0v) is 8.45. The minimum atomic E-state index is 0.491. The molecular formula is C10H9ClN2O. The van der Waals surface area contributed by atoms with E-state index in [0.717, 1.165) is 11.1 Å². The van der Waals surface area contributed by atoms with Crippen LogP contribution in [0, 0.1) is 6.92 Å². The van der Waals surface area contributed by atoms with Gasteiger partial charge in [-0.25, -0.2) is 0 Å². The second kappa shape index (κ2) is 3.80. The number of hydrogen-bond donors (Lipinski definition) is 0. The second-order valence-electron chi connectivity index (χ2n) is 2.97. The van der Waals surface area contributed by atoms with Gasteiger partial charge in [0, 0.05) is 18.4 Å². The molecule has 0 atom stereocenters. The Hall–Kier alpha value is -1.35. The van der Waals surface area contributed by atoms with E-state index in [1.807, 2.05) is 24.3 Å². The number of rotatable bonds is 2. The molecule has 0 spiro atoms. The lowest BCUT2D eigenvalue weighted by atomic mass is 10.1. The van der Waals surface area contributed by atoms with Crippen LogP contribution in [0.5, 0.6) is 0 Å². The van der Waals surface area contributed by atoms with Crippen LogP contribution in [0.3, 0.4) is 0 Å². The molecule has 0 saturated carbocycles. The molecular weight excluding hydrogens is 200 g/mol. The molecule has 2 rings (SSSR count). The summed E-state index contributed by atoms with van der Waals surface area (Å²) in [6.07, 6.45) is 0. The van der Waals surface area contributed by atoms with Crippen LogP contribution in [0.2, 0.25) is 0 Å². The Bertz CT molecular complexity index is 439. The first-order chi connectivity index (χ1) is 6.79. The molecule has 1 heterocycles. The zero-order chi connectivity index (χ0) is 9.97. The van der Waals surface area contributed by atoms with Gasteiger partial charge in [0.1, 0.15) is 0 Å². The van der Waals surface area contributed by atoms with Crippen molar-refractivity contribution in [2.24, 2.45) is 0 Å². The SMILES string of the molecule is Cc1nc(-c2cccc(CCl)c2)no1. The fraction of sp³-hybridized carbons (Fsp3) is 0.200. The van der Waals surface area contributed by atoms with Crippen LogP contribution >= 0.6 is 11.6 Å². The number of aryl methyl sites for hydroxylation is 1. The first-order valence-electron chi connectivity index (χ1n) is 4.25. The Morgan fingerprint density at radius 2 is 2.29 bits per heavy atom. The van der Waals surface area contributed by atoms with Crippen molar-refractivity contribution in [3.8, 4) is 11.4 Å². The minimum absolute atomic E-state index is 0.491. The van der Waals surface area contributed by atoms with Crippen molar-refractivity contribution in [3.63, 3.8) is 0 Å². The molecule has 14 heavy (non-hydrogen) atoms. The predicted octanol–water partition coefficient (Wildman–Crippen LogP) is 2.78. The Morgan fingerprint density at radius 3 is 2.93 bits per heavy atom. The second-order valence-corrected chi connectivity index (χ2v) is 3.24. The average molecular weight is 209 g/mol. The average Bonchev–Trinajstić information content (AvgIpc) is 2.65. The van der Waals surface area contributed by atoms with Gasteiger partial charge in [-0.15, -0.1) is 11.6 Å². The summed E-state index contributed by atoms with van der Waals surface area (Å²) < 4.78 is 4.90. The number of aromatic nitrogens is 2. The van der Waals surface area contributed by atoms with Crippen molar-refractivity contribution in [2.45, 2.75) is 12.8 Å². The van der Waals surface area contributed by atoms with Crippen LogP contribution in [-0.4, -0.2) is 10.1 Å². The molecule has 0 unspecified atom stereocenters. The molecule has 0 aliphatic heterocycles. The standard InChI is InChI=1S/C10H9ClN2O/c1-7-12-10(13-14-7)9-4-2-3-8(5-9)6-11/h2-5H,6H2,1H3. The summed E-state index contributed by atoms with van der Waals surface area (Å²) >= 11 is 5.73. The van der Waals surface area contributed by atoms with Crippen LogP contribution < -0.4 is 0 Å². The predicted molar refractivity (Wildman–Crippen MR) is 54.0 cm³/mol. The lowest BCUT2D eigenvalue weighted by Crippen LogP contribution is -1.83. The van der Waals surface area contributed by atoms with Crippen LogP contribution in [0.4, 0.5) is 0 Å². The largest absolute Gasteiger partial charge is 0.339 e. The molecule has 0 amide bonds. The molecule has 0 aliphatic rings. The summed E-state index contributed by atoms with van der Waals surface area (Å²) in [5.41, 5.74) is 1.98. The van der Waals surface area contributed by atoms with Gasteiger partial charge < -0.3 is 4.52 Å². The number of hydrogen-bond acceptors (Lipinski definition) is 3. The summed E-state index contributed by atoms with van der Waals surface area (Å²) in [5.74, 6) is 1.66. The van der Waals surface area contributed by atoms with Crippen molar-refractivity contribution in [3.05, 3.63) is 35.7 Å². The highest BCUT2D eigenvalue weighted by atomic mass is 35.5. The topological polar surface area (TPSA) is 38.9 Å². The van der Waals surface area contributed by atoms with Crippen molar-refractivity contribution >= 4 is 11.6 Å². The first-order valence-corrected chi connectivity index (χ1v) is 4.78. The van der Waals surface area contributed by atoms with Crippen LogP contribution in [-0.2, 0) is 5.88 Å². The fourth-order valence-corrected chi connectivity index (χ4v) is 1.38. The van der Waals surface area contributed by atoms with E-state index in [2.05, 4.69) is 10.1 Å². The van der Waals surface area contributed by atoms with Gasteiger partial charge in [-0.1, -0.05) is 23.4 Å². The van der Waals surface area contributed by atoms with E-state index in [9.17, 15) is 0 Å². The van der Waals surface area contributed by atoms with Gasteiger partial charge in [0.15, 0.2) is 0 Å². The van der Waals surface area contributed by atoms with E-state index < -0.39 is 0 Å². The molecule has 0 aliphatic carbocycles. The van der Waals surface area contributed by atoms with Gasteiger partial charge in [-0.2, -0.15) is 4.98 Å². The number of alkyl halides is 1. The normalized spacial score (nSPS) is 10.4. The van der Waals surface area contributed by atoms with Gasteiger partial charge in [0.05, 0.1) is 0 Å². The first kappa shape index (κ1) is 9.21. The Kier molecular flexibility index (Phi) is 2.50. The molecule has 0 N–H and O–H groups in total. The Morgan fingerprint density at radius 1 is 1.43 bits per heavy atom. The molecule has 0 bridgehead atoms. The monoisotopic (exact) mass is 208 g/mol. The summed E-state index contributed by atoms with van der Waals surface area (Å²) in [4.78, 5) is 4.14. The highest BCUT2D eigenvalue weighted by Gasteiger charge is 2.05. The maximum absolute atomic E-state index is 5.73. The lowest BCUT2D eigenvalue weighted by Gasteiger charge is -1.97. The number of benzene rings is 1. The third-order valence-corrected chi connectivity index (χ3v) is 2.18. The summed E-state index contributed by atoms with van der Waals surface area (Å²) in [6, 6.07) is 7.78. The molecule has 3 nitrogen and oxygen atoms in total. The van der Waals surface area contributed by atoms with E-state index in [4.69, 9.17) is 16.1 Å². The molecule has 0 radical (unpaired) electrons. The van der Waals surface area contributed by atoms with E-state index in [-0.39, 0.29) is 0 Å². The molecule has 0 saturated heterocycles. The lowest BCUT2D eigenvalue weighted by molar-refractivity contribution is 0.394. The molecule has 0 fully saturated rings. The van der Waals surface area contributed by atoms with Crippen molar-refractivity contribution in [2.75, 3.05) is 0 Å². The maximum atomic E-state index is 5.73. The van der Waals surface area contributed by atoms with Crippen molar-refractivity contribution in [1.29, 1.82) is 0 Å². The third-order valence-electron chi connectivity index (χ3n) is 1.87. The van der Waals surface area contributed by atoms with E-state index >= 15 is 0 Å². The summed E-state index contributed by atoms with van der Waals surface area (Å²) in [6.45, 7) is 1.77. The van der Waals surface area contributed by atoms with Gasteiger partial charge >= 0.3 is 0 Å². The molecule has 1 aromatic heterocycles. The number of halogens is 1. The summed E-state index contributed by atoms with van der Waals surface area (Å²) in [5, 5.41) is 3.83. The third kappa shape index (κ3) is 1.77. The zero-order valence-electron chi connectivity index (χ0n) is 7.70. The molecule has 1 aromatic carbocycles. The molecule has 2 aromatic rings. The maximum Gasteiger partial charge on any atom is 0.223 e. The Labute approximate surface area is 86.7 Å². The highest BCUT2D eigenvalue weighted by molar-refractivity contribution is 6.17. The van der Waals surface area contributed by atoms with E-state index in [1.54, 1.807) is 6.92 Å². The smallest absolute Gasteiger partial charge is 0.223 e. The fourth-order valence-electron chi connectivity index (χ4n) is 1.21. The van der Waals surface area contributed by atoms with E-state index in [1.165, 1.54) is 0 Å².